The Labute approximate surface area is 233 Å². The van der Waals surface area contributed by atoms with Gasteiger partial charge in [0.2, 0.25) is 0 Å². The molecule has 2 aliphatic heterocycles. The molecule has 9 atom stereocenters. The summed E-state index contributed by atoms with van der Waals surface area (Å²) in [4.78, 5) is 8.44. The van der Waals surface area contributed by atoms with Crippen LogP contribution in [-0.4, -0.2) is 118 Å². The van der Waals surface area contributed by atoms with Gasteiger partial charge in [0, 0.05) is 17.7 Å². The Hall–Kier alpha value is -1.37. The molecule has 0 saturated carbocycles. The van der Waals surface area contributed by atoms with Crippen molar-refractivity contribution in [2.24, 2.45) is 0 Å². The maximum Gasteiger partial charge on any atom is 0.187 e. The minimum atomic E-state index is -1.66. The van der Waals surface area contributed by atoms with Crippen molar-refractivity contribution >= 4 is 0 Å². The predicted octanol–water partition coefficient (Wildman–Crippen LogP) is -2.15. The Morgan fingerprint density at radius 3 is 2.38 bits per heavy atom. The molecule has 3 rings (SSSR count). The lowest BCUT2D eigenvalue weighted by Gasteiger charge is -2.47. The van der Waals surface area contributed by atoms with Gasteiger partial charge in [0.05, 0.1) is 32.0 Å². The molecule has 2 saturated heterocycles. The highest BCUT2D eigenvalue weighted by Gasteiger charge is 2.52. The second-order valence-corrected chi connectivity index (χ2v) is 10.9. The summed E-state index contributed by atoms with van der Waals surface area (Å²) in [7, 11) is 0. The van der Waals surface area contributed by atoms with Crippen LogP contribution in [0.2, 0.25) is 0 Å². The number of aryl methyl sites for hydroxylation is 1. The van der Waals surface area contributed by atoms with Crippen molar-refractivity contribution in [3.63, 3.8) is 0 Å². The Morgan fingerprint density at radius 1 is 0.975 bits per heavy atom. The molecule has 0 amide bonds. The average Bonchev–Trinajstić information content (AvgIpc) is 2.90. The number of nitrogens with one attached hydrogen (secondary N) is 2. The summed E-state index contributed by atoms with van der Waals surface area (Å²) < 4.78 is 28.2. The lowest BCUT2D eigenvalue weighted by molar-refractivity contribution is -0.379. The third-order valence-corrected chi connectivity index (χ3v) is 6.25. The van der Waals surface area contributed by atoms with Crippen LogP contribution in [0, 0.1) is 13.0 Å². The van der Waals surface area contributed by atoms with Crippen molar-refractivity contribution in [2.45, 2.75) is 102 Å². The number of hydroxylamine groups is 1. The number of aromatic amines is 1. The van der Waals surface area contributed by atoms with Crippen molar-refractivity contribution in [3.8, 4) is 0 Å². The van der Waals surface area contributed by atoms with E-state index in [2.05, 4.69) is 10.5 Å². The van der Waals surface area contributed by atoms with Crippen LogP contribution < -0.4 is 10.5 Å². The first-order chi connectivity index (χ1) is 18.9. The number of hydrogen-bond donors (Lipinski definition) is 7. The van der Waals surface area contributed by atoms with Gasteiger partial charge in [-0.2, -0.15) is 0 Å². The normalized spacial score (nSPS) is 33.8. The highest BCUT2D eigenvalue weighted by atomic mass is 16.7. The van der Waals surface area contributed by atoms with Gasteiger partial charge in [-0.15, -0.1) is 0 Å². The molecule has 0 spiro atoms. The molecular weight excluding hydrogens is 532 g/mol. The molecular formula is C26H44N2O12+. The highest BCUT2D eigenvalue weighted by Crippen LogP contribution is 2.35. The molecule has 229 valence electrons. The molecule has 1 aromatic heterocycles. The fourth-order valence-corrected chi connectivity index (χ4v) is 4.35. The van der Waals surface area contributed by atoms with Gasteiger partial charge >= 0.3 is 0 Å². The highest BCUT2D eigenvalue weighted by molar-refractivity contribution is 5.12. The Bertz CT molecular complexity index is 885. The van der Waals surface area contributed by atoms with Gasteiger partial charge in [0.15, 0.2) is 31.1 Å². The van der Waals surface area contributed by atoms with Gasteiger partial charge < -0.3 is 54.3 Å². The van der Waals surface area contributed by atoms with E-state index in [0.29, 0.717) is 19.6 Å². The van der Waals surface area contributed by atoms with Crippen LogP contribution in [0.3, 0.4) is 0 Å². The molecule has 0 bridgehead atoms. The molecule has 2 aliphatic rings. The van der Waals surface area contributed by atoms with Crippen molar-refractivity contribution in [1.82, 2.24) is 5.48 Å². The van der Waals surface area contributed by atoms with Crippen LogP contribution in [0.1, 0.15) is 38.3 Å². The van der Waals surface area contributed by atoms with E-state index in [4.69, 9.17) is 28.5 Å². The second-order valence-electron chi connectivity index (χ2n) is 10.9. The Balaban J connectivity index is 1.47. The van der Waals surface area contributed by atoms with Gasteiger partial charge in [0.25, 0.3) is 0 Å². The molecule has 3 heterocycles. The fraction of sp³-hybridized carbons (Fsp3) is 0.769. The number of aliphatic hydroxyl groups excluding tert-OH is 6. The van der Waals surface area contributed by atoms with Crippen LogP contribution in [-0.2, 0) is 35.1 Å². The molecule has 14 heteroatoms. The molecule has 0 aromatic carbocycles. The first-order valence-electron chi connectivity index (χ1n) is 13.3. The van der Waals surface area contributed by atoms with E-state index in [1.54, 1.807) is 20.8 Å². The minimum absolute atomic E-state index is 0.0662. The van der Waals surface area contributed by atoms with Crippen LogP contribution >= 0.6 is 0 Å². The lowest BCUT2D eigenvalue weighted by atomic mass is 9.96. The molecule has 8 N–H and O–H groups in total. The summed E-state index contributed by atoms with van der Waals surface area (Å²) in [6, 6.07) is 1.99. The lowest BCUT2D eigenvalue weighted by Crippen LogP contribution is -2.64. The van der Waals surface area contributed by atoms with Crippen molar-refractivity contribution in [1.29, 1.82) is 0 Å². The largest absolute Gasteiger partial charge is 0.394 e. The number of H-pyrrole nitrogens is 1. The van der Waals surface area contributed by atoms with E-state index >= 15 is 0 Å². The van der Waals surface area contributed by atoms with Crippen LogP contribution in [0.5, 0.6) is 0 Å². The summed E-state index contributed by atoms with van der Waals surface area (Å²) >= 11 is 0. The third kappa shape index (κ3) is 9.06. The zero-order valence-electron chi connectivity index (χ0n) is 23.3. The first kappa shape index (κ1) is 33.1. The number of rotatable bonds is 13. The molecule has 40 heavy (non-hydrogen) atoms. The number of ether oxygens (including phenoxy) is 5. The quantitative estimate of drug-likeness (QED) is 0.0990. The van der Waals surface area contributed by atoms with Crippen LogP contribution in [0.4, 0.5) is 0 Å². The molecule has 2 fully saturated rings. The zero-order valence-corrected chi connectivity index (χ0v) is 23.3. The van der Waals surface area contributed by atoms with E-state index in [1.165, 1.54) is 0 Å². The number of aliphatic hydroxyl groups is 6. The predicted molar refractivity (Wildman–Crippen MR) is 136 cm³/mol. The standard InChI is InChI=1S/C26H43N2O12/c1-14-8-15(10-27-9-14)13-36-28-6-5-7-35-24-20(33)18(31)22(16(11-29)37-24)39-25-21(34)19(32)23(17(12-30)38-25)40-26(2,3)4/h8-10,16-22,24-25,28-34H,5-7,11-13H2,1-4H3/p+1/t16?,17?,18-,19-,20?,21?,22+,24-,25+/m0/s1. The van der Waals surface area contributed by atoms with Gasteiger partial charge in [-0.1, -0.05) is 0 Å². The molecule has 1 aromatic rings. The summed E-state index contributed by atoms with van der Waals surface area (Å²) in [6.07, 6.45) is -8.68. The van der Waals surface area contributed by atoms with Crippen molar-refractivity contribution in [3.05, 3.63) is 35.7 Å². The molecule has 0 aliphatic carbocycles. The van der Waals surface area contributed by atoms with Crippen LogP contribution in [0.25, 0.3) is 0 Å². The number of aromatic nitrogens is 1. The SMILES string of the molecule is Cc1c[nH+]cc(CONCCCO[C@H]2OC(CO)[C@@H](O[C@H]3OC(CO)[C](OC(C)(C)C)[C@@H](O)C3O)[C@@H](O)C2O)c1. The average molecular weight is 577 g/mol. The fourth-order valence-electron chi connectivity index (χ4n) is 4.35. The van der Waals surface area contributed by atoms with Gasteiger partial charge in [-0.3, -0.25) is 4.84 Å². The molecule has 1 radical (unpaired) electrons. The first-order valence-corrected chi connectivity index (χ1v) is 13.3. The number of pyridine rings is 1. The smallest absolute Gasteiger partial charge is 0.187 e. The second kappa shape index (κ2) is 15.2. The summed E-state index contributed by atoms with van der Waals surface area (Å²) in [5, 5.41) is 62.2. The minimum Gasteiger partial charge on any atom is -0.394 e. The summed E-state index contributed by atoms with van der Waals surface area (Å²) in [5.74, 6) is 0. The molecule has 14 nitrogen and oxygen atoms in total. The van der Waals surface area contributed by atoms with E-state index in [-0.39, 0.29) is 12.7 Å². The van der Waals surface area contributed by atoms with Crippen LogP contribution in [0.15, 0.2) is 18.5 Å². The summed E-state index contributed by atoms with van der Waals surface area (Å²) in [6.45, 7) is 6.93. The molecule has 4 unspecified atom stereocenters. The monoisotopic (exact) mass is 576 g/mol. The third-order valence-electron chi connectivity index (χ3n) is 6.25. The number of hydrogen-bond acceptors (Lipinski definition) is 13. The zero-order chi connectivity index (χ0) is 29.4. The van der Waals surface area contributed by atoms with E-state index in [0.717, 1.165) is 11.1 Å². The van der Waals surface area contributed by atoms with E-state index in [9.17, 15) is 30.6 Å². The van der Waals surface area contributed by atoms with Gasteiger partial charge in [-0.25, -0.2) is 10.5 Å². The Kier molecular flexibility index (Phi) is 12.6. The Morgan fingerprint density at radius 2 is 1.73 bits per heavy atom. The van der Waals surface area contributed by atoms with Gasteiger partial charge in [-0.05, 0) is 40.2 Å². The van der Waals surface area contributed by atoms with E-state index < -0.39 is 74.1 Å². The summed E-state index contributed by atoms with van der Waals surface area (Å²) in [5.41, 5.74) is 4.15. The maximum absolute atomic E-state index is 10.8. The van der Waals surface area contributed by atoms with Gasteiger partial charge in [0.1, 0.15) is 42.7 Å². The van der Waals surface area contributed by atoms with Crippen molar-refractivity contribution in [2.75, 3.05) is 26.4 Å². The maximum atomic E-state index is 10.8. The van der Waals surface area contributed by atoms with Crippen molar-refractivity contribution < 1.29 is 64.1 Å². The topological polar surface area (TPSA) is 203 Å². The van der Waals surface area contributed by atoms with E-state index in [1.807, 2.05) is 25.4 Å².